The number of allylic oxidation sites excluding steroid dienone is 1. The first-order valence-corrected chi connectivity index (χ1v) is 8.31. The molecule has 0 atom stereocenters. The molecule has 0 spiro atoms. The Bertz CT molecular complexity index is 567. The lowest BCUT2D eigenvalue weighted by Gasteiger charge is -2.08. The van der Waals surface area contributed by atoms with Crippen LogP contribution in [0.2, 0.25) is 0 Å². The average molecular weight is 294 g/mol. The number of rotatable bonds is 8. The second kappa shape index (κ2) is 9.22. The zero-order valence-electron chi connectivity index (χ0n) is 13.5. The van der Waals surface area contributed by atoms with Crippen molar-refractivity contribution in [1.29, 1.82) is 0 Å². The van der Waals surface area contributed by atoms with E-state index in [-0.39, 0.29) is 6.61 Å². The summed E-state index contributed by atoms with van der Waals surface area (Å²) < 4.78 is 0. The molecule has 1 N–H and O–H groups in total. The molecule has 0 saturated carbocycles. The molecule has 2 aromatic rings. The van der Waals surface area contributed by atoms with Gasteiger partial charge in [0.05, 0.1) is 0 Å². The van der Waals surface area contributed by atoms with E-state index in [9.17, 15) is 5.11 Å². The van der Waals surface area contributed by atoms with Crippen molar-refractivity contribution >= 4 is 5.57 Å². The molecule has 1 heteroatoms. The smallest absolute Gasteiger partial charge is 0.0471 e. The van der Waals surface area contributed by atoms with E-state index in [0.29, 0.717) is 0 Å². The third-order valence-electron chi connectivity index (χ3n) is 3.94. The molecule has 0 aromatic heterocycles. The van der Waals surface area contributed by atoms with Crippen LogP contribution in [-0.4, -0.2) is 11.7 Å². The molecular formula is C21H26O. The third kappa shape index (κ3) is 4.85. The minimum absolute atomic E-state index is 0.208. The predicted molar refractivity (Wildman–Crippen MR) is 95.7 cm³/mol. The van der Waals surface area contributed by atoms with Crippen molar-refractivity contribution in [3.63, 3.8) is 0 Å². The lowest BCUT2D eigenvalue weighted by molar-refractivity contribution is 0.305. The van der Waals surface area contributed by atoms with Crippen LogP contribution in [0, 0.1) is 0 Å². The van der Waals surface area contributed by atoms with Gasteiger partial charge in [-0.1, -0.05) is 80.4 Å². The molecule has 0 aliphatic carbocycles. The first kappa shape index (κ1) is 16.5. The van der Waals surface area contributed by atoms with E-state index in [1.54, 1.807) is 0 Å². The SMILES string of the molecule is CCCCC/C=C(/CCO)c1ccc(-c2ccccc2)cc1. The van der Waals surface area contributed by atoms with E-state index in [1.807, 2.05) is 6.07 Å². The fourth-order valence-corrected chi connectivity index (χ4v) is 2.66. The summed E-state index contributed by atoms with van der Waals surface area (Å²) in [6, 6.07) is 19.1. The van der Waals surface area contributed by atoms with Gasteiger partial charge >= 0.3 is 0 Å². The normalized spacial score (nSPS) is 11.6. The van der Waals surface area contributed by atoms with Gasteiger partial charge in [0, 0.05) is 6.61 Å². The zero-order chi connectivity index (χ0) is 15.6. The van der Waals surface area contributed by atoms with Crippen molar-refractivity contribution in [1.82, 2.24) is 0 Å². The highest BCUT2D eigenvalue weighted by atomic mass is 16.2. The minimum atomic E-state index is 0.208. The molecule has 0 aliphatic heterocycles. The number of hydrogen-bond acceptors (Lipinski definition) is 1. The lowest BCUT2D eigenvalue weighted by atomic mass is 9.97. The van der Waals surface area contributed by atoms with Crippen LogP contribution in [0.15, 0.2) is 60.7 Å². The molecule has 2 aromatic carbocycles. The molecule has 0 heterocycles. The molecule has 116 valence electrons. The fraction of sp³-hybridized carbons (Fsp3) is 0.333. The van der Waals surface area contributed by atoms with E-state index in [2.05, 4.69) is 61.5 Å². The van der Waals surface area contributed by atoms with Crippen molar-refractivity contribution in [3.8, 4) is 11.1 Å². The number of aliphatic hydroxyl groups excluding tert-OH is 1. The Balaban J connectivity index is 2.12. The van der Waals surface area contributed by atoms with Crippen LogP contribution in [0.5, 0.6) is 0 Å². The van der Waals surface area contributed by atoms with Crippen LogP contribution in [0.4, 0.5) is 0 Å². The molecule has 0 unspecified atom stereocenters. The summed E-state index contributed by atoms with van der Waals surface area (Å²) in [4.78, 5) is 0. The van der Waals surface area contributed by atoms with Gasteiger partial charge in [-0.05, 0) is 41.5 Å². The minimum Gasteiger partial charge on any atom is -0.396 e. The second-order valence-electron chi connectivity index (χ2n) is 5.64. The molecular weight excluding hydrogens is 268 g/mol. The summed E-state index contributed by atoms with van der Waals surface area (Å²) in [6.07, 6.45) is 7.88. The van der Waals surface area contributed by atoms with Crippen LogP contribution in [0.25, 0.3) is 16.7 Å². The van der Waals surface area contributed by atoms with Crippen molar-refractivity contribution in [2.75, 3.05) is 6.61 Å². The maximum atomic E-state index is 9.29. The topological polar surface area (TPSA) is 20.2 Å². The summed E-state index contributed by atoms with van der Waals surface area (Å²) in [6.45, 7) is 2.43. The van der Waals surface area contributed by atoms with Crippen LogP contribution in [-0.2, 0) is 0 Å². The first-order chi connectivity index (χ1) is 10.8. The highest BCUT2D eigenvalue weighted by Crippen LogP contribution is 2.24. The average Bonchev–Trinajstić information content (AvgIpc) is 2.59. The largest absolute Gasteiger partial charge is 0.396 e. The Hall–Kier alpha value is -1.86. The van der Waals surface area contributed by atoms with Crippen LogP contribution in [0.1, 0.15) is 44.6 Å². The Labute approximate surface area is 134 Å². The van der Waals surface area contributed by atoms with Crippen molar-refractivity contribution in [2.45, 2.75) is 39.0 Å². The number of aliphatic hydroxyl groups is 1. The number of hydrogen-bond donors (Lipinski definition) is 1. The Morgan fingerprint density at radius 3 is 2.23 bits per heavy atom. The Morgan fingerprint density at radius 2 is 1.59 bits per heavy atom. The van der Waals surface area contributed by atoms with Gasteiger partial charge in [-0.3, -0.25) is 0 Å². The molecule has 0 fully saturated rings. The van der Waals surface area contributed by atoms with Gasteiger partial charge < -0.3 is 5.11 Å². The molecule has 0 amide bonds. The molecule has 0 radical (unpaired) electrons. The molecule has 2 rings (SSSR count). The van der Waals surface area contributed by atoms with Crippen molar-refractivity contribution in [2.24, 2.45) is 0 Å². The van der Waals surface area contributed by atoms with Gasteiger partial charge in [0.15, 0.2) is 0 Å². The number of benzene rings is 2. The van der Waals surface area contributed by atoms with Crippen LogP contribution >= 0.6 is 0 Å². The van der Waals surface area contributed by atoms with Gasteiger partial charge in [0.2, 0.25) is 0 Å². The number of unbranched alkanes of at least 4 members (excludes halogenated alkanes) is 3. The maximum absolute atomic E-state index is 9.29. The Morgan fingerprint density at radius 1 is 0.909 bits per heavy atom. The molecule has 22 heavy (non-hydrogen) atoms. The van der Waals surface area contributed by atoms with E-state index >= 15 is 0 Å². The molecule has 0 bridgehead atoms. The van der Waals surface area contributed by atoms with Crippen molar-refractivity contribution < 1.29 is 5.11 Å². The van der Waals surface area contributed by atoms with Crippen LogP contribution < -0.4 is 0 Å². The summed E-state index contributed by atoms with van der Waals surface area (Å²) in [5, 5.41) is 9.29. The fourth-order valence-electron chi connectivity index (χ4n) is 2.66. The summed E-state index contributed by atoms with van der Waals surface area (Å²) in [5.74, 6) is 0. The molecule has 1 nitrogen and oxygen atoms in total. The Kier molecular flexibility index (Phi) is 6.92. The zero-order valence-corrected chi connectivity index (χ0v) is 13.5. The molecule has 0 saturated heterocycles. The summed E-state index contributed by atoms with van der Waals surface area (Å²) >= 11 is 0. The maximum Gasteiger partial charge on any atom is 0.0471 e. The first-order valence-electron chi connectivity index (χ1n) is 8.31. The third-order valence-corrected chi connectivity index (χ3v) is 3.94. The standard InChI is InChI=1S/C21H26O/c1-2-3-4-6-11-19(16-17-22)21-14-12-20(13-15-21)18-9-7-5-8-10-18/h5,7-15,22H,2-4,6,16-17H2,1H3/b19-11-. The van der Waals surface area contributed by atoms with Crippen molar-refractivity contribution in [3.05, 3.63) is 66.2 Å². The lowest BCUT2D eigenvalue weighted by Crippen LogP contribution is -1.90. The van der Waals surface area contributed by atoms with Gasteiger partial charge in [0.1, 0.15) is 0 Å². The van der Waals surface area contributed by atoms with E-state index in [1.165, 1.54) is 41.5 Å². The van der Waals surface area contributed by atoms with Crippen LogP contribution in [0.3, 0.4) is 0 Å². The van der Waals surface area contributed by atoms with E-state index < -0.39 is 0 Å². The van der Waals surface area contributed by atoms with E-state index in [0.717, 1.165) is 12.8 Å². The second-order valence-corrected chi connectivity index (χ2v) is 5.64. The van der Waals surface area contributed by atoms with Gasteiger partial charge in [-0.25, -0.2) is 0 Å². The monoisotopic (exact) mass is 294 g/mol. The highest BCUT2D eigenvalue weighted by Gasteiger charge is 2.02. The quantitative estimate of drug-likeness (QED) is 0.619. The van der Waals surface area contributed by atoms with Gasteiger partial charge in [0.25, 0.3) is 0 Å². The van der Waals surface area contributed by atoms with Gasteiger partial charge in [-0.2, -0.15) is 0 Å². The highest BCUT2D eigenvalue weighted by molar-refractivity contribution is 5.70. The molecule has 0 aliphatic rings. The summed E-state index contributed by atoms with van der Waals surface area (Å²) in [5.41, 5.74) is 4.96. The summed E-state index contributed by atoms with van der Waals surface area (Å²) in [7, 11) is 0. The van der Waals surface area contributed by atoms with Gasteiger partial charge in [-0.15, -0.1) is 0 Å². The van der Waals surface area contributed by atoms with E-state index in [4.69, 9.17) is 0 Å². The predicted octanol–water partition coefficient (Wildman–Crippen LogP) is 5.70.